The Labute approximate surface area is 179 Å². The van der Waals surface area contributed by atoms with E-state index in [1.54, 1.807) is 34.9 Å². The molecule has 0 radical (unpaired) electrons. The van der Waals surface area contributed by atoms with E-state index in [4.69, 9.17) is 21.0 Å². The van der Waals surface area contributed by atoms with Crippen molar-refractivity contribution in [1.29, 1.82) is 0 Å². The normalized spacial score (nSPS) is 18.7. The van der Waals surface area contributed by atoms with E-state index in [-0.39, 0.29) is 23.6 Å². The lowest BCUT2D eigenvalue weighted by Crippen LogP contribution is -2.54. The maximum atomic E-state index is 13.0. The van der Waals surface area contributed by atoms with Crippen molar-refractivity contribution in [2.75, 3.05) is 19.6 Å². The summed E-state index contributed by atoms with van der Waals surface area (Å²) in [5.74, 6) is 0.999. The van der Waals surface area contributed by atoms with Crippen molar-refractivity contribution in [3.63, 3.8) is 0 Å². The highest BCUT2D eigenvalue weighted by atomic mass is 35.5. The predicted octanol–water partition coefficient (Wildman–Crippen LogP) is 3.57. The zero-order valence-electron chi connectivity index (χ0n) is 17.3. The van der Waals surface area contributed by atoms with Crippen molar-refractivity contribution in [2.24, 2.45) is 0 Å². The Kier molecular flexibility index (Phi) is 5.66. The molecule has 2 unspecified atom stereocenters. The Balaban J connectivity index is 1.60. The van der Waals surface area contributed by atoms with Crippen LogP contribution in [0.3, 0.4) is 0 Å². The zero-order valence-corrected chi connectivity index (χ0v) is 18.1. The number of benzene rings is 1. The number of amides is 1. The van der Waals surface area contributed by atoms with Crippen LogP contribution in [0.1, 0.15) is 43.2 Å². The number of carbonyl (C=O) groups excluding carboxylic acids is 1. The van der Waals surface area contributed by atoms with E-state index < -0.39 is 0 Å². The SMILES string of the molecule is CCn1c(C(C)N2CCN(C(=O)c3ccco3)C(C)C2)nc2ccc(Cl)cc2c1=O. The van der Waals surface area contributed by atoms with Crippen molar-refractivity contribution in [3.05, 3.63) is 63.6 Å². The van der Waals surface area contributed by atoms with Gasteiger partial charge < -0.3 is 9.32 Å². The molecule has 1 amide bonds. The third-order valence-corrected chi connectivity index (χ3v) is 6.07. The van der Waals surface area contributed by atoms with Gasteiger partial charge in [-0.3, -0.25) is 19.1 Å². The highest BCUT2D eigenvalue weighted by Gasteiger charge is 2.32. The van der Waals surface area contributed by atoms with Crippen molar-refractivity contribution >= 4 is 28.4 Å². The summed E-state index contributed by atoms with van der Waals surface area (Å²) in [6, 6.07) is 8.57. The predicted molar refractivity (Wildman–Crippen MR) is 116 cm³/mol. The van der Waals surface area contributed by atoms with Crippen LogP contribution in [0.15, 0.2) is 45.8 Å². The number of furan rings is 1. The van der Waals surface area contributed by atoms with Crippen LogP contribution >= 0.6 is 11.6 Å². The summed E-state index contributed by atoms with van der Waals surface area (Å²) in [4.78, 5) is 34.6. The highest BCUT2D eigenvalue weighted by molar-refractivity contribution is 6.31. The average Bonchev–Trinajstić information content (AvgIpc) is 3.28. The highest BCUT2D eigenvalue weighted by Crippen LogP contribution is 2.25. The van der Waals surface area contributed by atoms with Crippen LogP contribution in [-0.4, -0.2) is 50.9 Å². The first kappa shape index (κ1) is 20.6. The van der Waals surface area contributed by atoms with E-state index in [0.29, 0.717) is 47.9 Å². The Hall–Kier alpha value is -2.64. The van der Waals surface area contributed by atoms with Gasteiger partial charge in [0, 0.05) is 37.2 Å². The summed E-state index contributed by atoms with van der Waals surface area (Å²) in [5.41, 5.74) is 0.571. The second kappa shape index (κ2) is 8.24. The molecule has 0 aliphatic carbocycles. The lowest BCUT2D eigenvalue weighted by atomic mass is 10.1. The van der Waals surface area contributed by atoms with E-state index in [0.717, 1.165) is 5.82 Å². The Morgan fingerprint density at radius 1 is 1.33 bits per heavy atom. The fraction of sp³-hybridized carbons (Fsp3) is 0.409. The number of aromatic nitrogens is 2. The first-order chi connectivity index (χ1) is 14.4. The number of hydrogen-bond acceptors (Lipinski definition) is 5. The molecular weight excluding hydrogens is 404 g/mol. The molecule has 0 saturated carbocycles. The van der Waals surface area contributed by atoms with Crippen LogP contribution in [0.2, 0.25) is 5.02 Å². The number of rotatable bonds is 4. The molecule has 4 rings (SSSR count). The van der Waals surface area contributed by atoms with Crippen molar-refractivity contribution in [1.82, 2.24) is 19.4 Å². The van der Waals surface area contributed by atoms with Gasteiger partial charge in [0.1, 0.15) is 5.82 Å². The molecule has 3 aromatic rings. The monoisotopic (exact) mass is 428 g/mol. The van der Waals surface area contributed by atoms with Gasteiger partial charge in [-0.1, -0.05) is 11.6 Å². The summed E-state index contributed by atoms with van der Waals surface area (Å²) in [6.45, 7) is 8.53. The molecule has 0 N–H and O–H groups in total. The second-order valence-electron chi connectivity index (χ2n) is 7.68. The second-order valence-corrected chi connectivity index (χ2v) is 8.11. The van der Waals surface area contributed by atoms with E-state index in [1.807, 2.05) is 18.7 Å². The summed E-state index contributed by atoms with van der Waals surface area (Å²) in [7, 11) is 0. The van der Waals surface area contributed by atoms with Gasteiger partial charge in [-0.25, -0.2) is 4.98 Å². The number of piperazine rings is 1. The third-order valence-electron chi connectivity index (χ3n) is 5.84. The van der Waals surface area contributed by atoms with E-state index in [2.05, 4.69) is 11.8 Å². The Morgan fingerprint density at radius 3 is 2.80 bits per heavy atom. The Morgan fingerprint density at radius 2 is 2.13 bits per heavy atom. The minimum Gasteiger partial charge on any atom is -0.459 e. The third kappa shape index (κ3) is 3.63. The van der Waals surface area contributed by atoms with E-state index >= 15 is 0 Å². The number of hydrogen-bond donors (Lipinski definition) is 0. The molecule has 8 heteroatoms. The molecule has 1 aromatic carbocycles. The van der Waals surface area contributed by atoms with Crippen LogP contribution in [0, 0.1) is 0 Å². The van der Waals surface area contributed by atoms with Gasteiger partial charge >= 0.3 is 0 Å². The van der Waals surface area contributed by atoms with Crippen molar-refractivity contribution < 1.29 is 9.21 Å². The van der Waals surface area contributed by atoms with Crippen molar-refractivity contribution in [3.8, 4) is 0 Å². The maximum absolute atomic E-state index is 13.0. The number of fused-ring (bicyclic) bond motifs is 1. The quantitative estimate of drug-likeness (QED) is 0.635. The molecule has 7 nitrogen and oxygen atoms in total. The Bertz CT molecular complexity index is 1130. The summed E-state index contributed by atoms with van der Waals surface area (Å²) < 4.78 is 6.99. The van der Waals surface area contributed by atoms with E-state index in [9.17, 15) is 9.59 Å². The standard InChI is InChI=1S/C22H25ClN4O3/c1-4-26-20(24-18-8-7-16(23)12-17(18)21(26)28)15(3)25-9-10-27(14(2)13-25)22(29)19-6-5-11-30-19/h5-8,11-12,14-15H,4,9-10,13H2,1-3H3. The summed E-state index contributed by atoms with van der Waals surface area (Å²) in [5, 5.41) is 1.05. The van der Waals surface area contributed by atoms with Gasteiger partial charge in [0.15, 0.2) is 5.76 Å². The summed E-state index contributed by atoms with van der Waals surface area (Å²) in [6.07, 6.45) is 1.51. The fourth-order valence-electron chi connectivity index (χ4n) is 4.18. The summed E-state index contributed by atoms with van der Waals surface area (Å²) >= 11 is 6.08. The molecule has 2 atom stereocenters. The van der Waals surface area contributed by atoms with Gasteiger partial charge in [0.05, 0.1) is 23.2 Å². The molecule has 0 spiro atoms. The van der Waals surface area contributed by atoms with E-state index in [1.165, 1.54) is 6.26 Å². The van der Waals surface area contributed by atoms with Crippen LogP contribution in [0.4, 0.5) is 0 Å². The largest absolute Gasteiger partial charge is 0.459 e. The topological polar surface area (TPSA) is 71.6 Å². The molecule has 1 aliphatic rings. The minimum atomic E-state index is -0.0917. The van der Waals surface area contributed by atoms with Gasteiger partial charge in [-0.05, 0) is 51.1 Å². The zero-order chi connectivity index (χ0) is 21.4. The number of halogens is 1. The van der Waals surface area contributed by atoms with Gasteiger partial charge in [0.2, 0.25) is 0 Å². The first-order valence-corrected chi connectivity index (χ1v) is 10.6. The smallest absolute Gasteiger partial charge is 0.289 e. The van der Waals surface area contributed by atoms with Crippen LogP contribution in [-0.2, 0) is 6.54 Å². The van der Waals surface area contributed by atoms with Gasteiger partial charge in [-0.15, -0.1) is 0 Å². The average molecular weight is 429 g/mol. The maximum Gasteiger partial charge on any atom is 0.289 e. The molecular formula is C22H25ClN4O3. The molecule has 3 heterocycles. The lowest BCUT2D eigenvalue weighted by Gasteiger charge is -2.42. The van der Waals surface area contributed by atoms with Crippen molar-refractivity contribution in [2.45, 2.75) is 39.4 Å². The molecule has 1 saturated heterocycles. The molecule has 2 aromatic heterocycles. The molecule has 158 valence electrons. The first-order valence-electron chi connectivity index (χ1n) is 10.2. The molecule has 1 aliphatic heterocycles. The number of nitrogens with zero attached hydrogens (tertiary/aromatic N) is 4. The van der Waals surface area contributed by atoms with Gasteiger partial charge in [0.25, 0.3) is 11.5 Å². The van der Waals surface area contributed by atoms with Gasteiger partial charge in [-0.2, -0.15) is 0 Å². The molecule has 30 heavy (non-hydrogen) atoms. The number of carbonyl (C=O) groups is 1. The lowest BCUT2D eigenvalue weighted by molar-refractivity contribution is 0.0365. The molecule has 0 bridgehead atoms. The van der Waals surface area contributed by atoms with Crippen LogP contribution in [0.5, 0.6) is 0 Å². The molecule has 1 fully saturated rings. The van der Waals surface area contributed by atoms with Crippen LogP contribution < -0.4 is 5.56 Å². The fourth-order valence-corrected chi connectivity index (χ4v) is 4.35. The van der Waals surface area contributed by atoms with Crippen LogP contribution in [0.25, 0.3) is 10.9 Å². The minimum absolute atomic E-state index is 0.0138.